The number of aliphatic carboxylic acids is 1. The van der Waals surface area contributed by atoms with Gasteiger partial charge in [-0.15, -0.1) is 0 Å². The summed E-state index contributed by atoms with van der Waals surface area (Å²) >= 11 is 5.83. The topological polar surface area (TPSA) is 104 Å². The predicted octanol–water partition coefficient (Wildman–Crippen LogP) is 1.98. The number of halogens is 1. The molecule has 0 saturated heterocycles. The molecule has 0 aromatic heterocycles. The number of hydrogen-bond donors (Lipinski definition) is 2. The first-order valence-electron chi connectivity index (χ1n) is 7.52. The second-order valence-electron chi connectivity index (χ2n) is 5.41. The van der Waals surface area contributed by atoms with Gasteiger partial charge in [-0.25, -0.2) is 13.1 Å². The van der Waals surface area contributed by atoms with E-state index in [-0.39, 0.29) is 17.0 Å². The highest BCUT2D eigenvalue weighted by molar-refractivity contribution is 7.89. The SMILES string of the molecule is CNS(=O)(=O)c1ccc(C(=O)N(CC(=O)O)Cc2ccc(Cl)cc2)cc1. The van der Waals surface area contributed by atoms with Crippen molar-refractivity contribution in [1.29, 1.82) is 0 Å². The van der Waals surface area contributed by atoms with Crippen LogP contribution < -0.4 is 4.72 Å². The number of carboxylic acids is 1. The standard InChI is InChI=1S/C17H17ClN2O5S/c1-19-26(24,25)15-8-4-13(5-9-15)17(23)20(11-16(21)22)10-12-2-6-14(18)7-3-12/h2-9,19H,10-11H2,1H3,(H,21,22). The summed E-state index contributed by atoms with van der Waals surface area (Å²) in [6, 6.07) is 12.0. The molecule has 0 aliphatic carbocycles. The number of nitrogens with zero attached hydrogens (tertiary/aromatic N) is 1. The predicted molar refractivity (Wildman–Crippen MR) is 96.5 cm³/mol. The Balaban J connectivity index is 2.25. The van der Waals surface area contributed by atoms with Gasteiger partial charge in [0.05, 0.1) is 4.90 Å². The molecule has 0 radical (unpaired) electrons. The van der Waals surface area contributed by atoms with Crippen LogP contribution in [0.25, 0.3) is 0 Å². The van der Waals surface area contributed by atoms with Crippen molar-refractivity contribution in [3.63, 3.8) is 0 Å². The van der Waals surface area contributed by atoms with Gasteiger partial charge in [0.2, 0.25) is 10.0 Å². The molecule has 0 saturated carbocycles. The average Bonchev–Trinajstić information content (AvgIpc) is 2.62. The van der Waals surface area contributed by atoms with E-state index in [2.05, 4.69) is 4.72 Å². The molecule has 2 rings (SSSR count). The van der Waals surface area contributed by atoms with E-state index in [0.29, 0.717) is 5.02 Å². The van der Waals surface area contributed by atoms with Crippen LogP contribution in [0.5, 0.6) is 0 Å². The van der Waals surface area contributed by atoms with Crippen molar-refractivity contribution < 1.29 is 23.1 Å². The minimum atomic E-state index is -3.61. The number of amides is 1. The summed E-state index contributed by atoms with van der Waals surface area (Å²) < 4.78 is 25.7. The Morgan fingerprint density at radius 2 is 1.65 bits per heavy atom. The maximum absolute atomic E-state index is 12.7. The highest BCUT2D eigenvalue weighted by Gasteiger charge is 2.20. The van der Waals surface area contributed by atoms with Gasteiger partial charge in [0, 0.05) is 17.1 Å². The Bertz CT molecular complexity index is 896. The van der Waals surface area contributed by atoms with Gasteiger partial charge >= 0.3 is 5.97 Å². The first-order valence-corrected chi connectivity index (χ1v) is 9.38. The van der Waals surface area contributed by atoms with Gasteiger partial charge in [0.1, 0.15) is 6.54 Å². The molecule has 0 aliphatic heterocycles. The fourth-order valence-corrected chi connectivity index (χ4v) is 3.11. The highest BCUT2D eigenvalue weighted by Crippen LogP contribution is 2.15. The molecule has 0 atom stereocenters. The molecular formula is C17H17ClN2O5S. The monoisotopic (exact) mass is 396 g/mol. The van der Waals surface area contributed by atoms with Crippen molar-refractivity contribution in [3.8, 4) is 0 Å². The third-order valence-electron chi connectivity index (χ3n) is 3.58. The van der Waals surface area contributed by atoms with Crippen LogP contribution in [0.3, 0.4) is 0 Å². The van der Waals surface area contributed by atoms with Crippen LogP contribution in [0.15, 0.2) is 53.4 Å². The summed E-state index contributed by atoms with van der Waals surface area (Å²) in [6.45, 7) is -0.406. The molecule has 0 bridgehead atoms. The van der Waals surface area contributed by atoms with E-state index < -0.39 is 28.4 Å². The van der Waals surface area contributed by atoms with E-state index in [1.165, 1.54) is 31.3 Å². The Morgan fingerprint density at radius 1 is 1.08 bits per heavy atom. The number of hydrogen-bond acceptors (Lipinski definition) is 4. The summed E-state index contributed by atoms with van der Waals surface area (Å²) in [5.41, 5.74) is 0.911. The van der Waals surface area contributed by atoms with Crippen molar-refractivity contribution in [2.24, 2.45) is 0 Å². The molecule has 0 aliphatic rings. The molecule has 26 heavy (non-hydrogen) atoms. The maximum Gasteiger partial charge on any atom is 0.323 e. The Hall–Kier alpha value is -2.42. The lowest BCUT2D eigenvalue weighted by Crippen LogP contribution is -2.35. The molecule has 2 aromatic carbocycles. The number of sulfonamides is 1. The van der Waals surface area contributed by atoms with Gasteiger partial charge in [-0.05, 0) is 49.0 Å². The molecule has 9 heteroatoms. The van der Waals surface area contributed by atoms with E-state index in [1.807, 2.05) is 0 Å². The van der Waals surface area contributed by atoms with E-state index in [4.69, 9.17) is 16.7 Å². The van der Waals surface area contributed by atoms with Gasteiger partial charge in [-0.3, -0.25) is 9.59 Å². The lowest BCUT2D eigenvalue weighted by molar-refractivity contribution is -0.137. The zero-order chi connectivity index (χ0) is 19.3. The fourth-order valence-electron chi connectivity index (χ4n) is 2.25. The molecule has 0 fully saturated rings. The van der Waals surface area contributed by atoms with Gasteiger partial charge in [0.25, 0.3) is 5.91 Å². The van der Waals surface area contributed by atoms with E-state index in [1.54, 1.807) is 24.3 Å². The van der Waals surface area contributed by atoms with E-state index in [0.717, 1.165) is 10.5 Å². The van der Waals surface area contributed by atoms with Crippen LogP contribution in [0.1, 0.15) is 15.9 Å². The number of benzene rings is 2. The van der Waals surface area contributed by atoms with Crippen LogP contribution >= 0.6 is 11.6 Å². The minimum Gasteiger partial charge on any atom is -0.480 e. The van der Waals surface area contributed by atoms with E-state index >= 15 is 0 Å². The van der Waals surface area contributed by atoms with Gasteiger partial charge in [-0.2, -0.15) is 0 Å². The number of carbonyl (C=O) groups excluding carboxylic acids is 1. The fraction of sp³-hybridized carbons (Fsp3) is 0.176. The highest BCUT2D eigenvalue weighted by atomic mass is 35.5. The summed E-state index contributed by atoms with van der Waals surface area (Å²) in [7, 11) is -2.33. The first kappa shape index (κ1) is 19.9. The zero-order valence-electron chi connectivity index (χ0n) is 13.8. The van der Waals surface area contributed by atoms with Crippen LogP contribution in [0.2, 0.25) is 5.02 Å². The molecule has 138 valence electrons. The zero-order valence-corrected chi connectivity index (χ0v) is 15.4. The largest absolute Gasteiger partial charge is 0.480 e. The lowest BCUT2D eigenvalue weighted by atomic mass is 10.1. The minimum absolute atomic E-state index is 0.0130. The summed E-state index contributed by atoms with van der Waals surface area (Å²) in [6.07, 6.45) is 0. The van der Waals surface area contributed by atoms with Gasteiger partial charge in [-0.1, -0.05) is 23.7 Å². The Morgan fingerprint density at radius 3 is 2.15 bits per heavy atom. The van der Waals surface area contributed by atoms with Crippen LogP contribution in [-0.4, -0.2) is 43.9 Å². The number of carbonyl (C=O) groups is 2. The molecule has 2 N–H and O–H groups in total. The molecule has 0 unspecified atom stereocenters. The molecule has 7 nitrogen and oxygen atoms in total. The number of carboxylic acid groups (broad SMARTS) is 1. The average molecular weight is 397 g/mol. The molecular weight excluding hydrogens is 380 g/mol. The number of rotatable bonds is 7. The summed E-state index contributed by atoms with van der Waals surface area (Å²) in [5.74, 6) is -1.67. The quantitative estimate of drug-likeness (QED) is 0.744. The molecule has 0 spiro atoms. The lowest BCUT2D eigenvalue weighted by Gasteiger charge is -2.21. The second-order valence-corrected chi connectivity index (χ2v) is 7.74. The number of nitrogens with one attached hydrogen (secondary N) is 1. The first-order chi connectivity index (χ1) is 12.2. The maximum atomic E-state index is 12.7. The van der Waals surface area contributed by atoms with Gasteiger partial charge < -0.3 is 10.0 Å². The third kappa shape index (κ3) is 5.04. The Kier molecular flexibility index (Phi) is 6.36. The Labute approximate surface area is 156 Å². The smallest absolute Gasteiger partial charge is 0.323 e. The normalized spacial score (nSPS) is 11.2. The second kappa shape index (κ2) is 8.31. The van der Waals surface area contributed by atoms with Crippen molar-refractivity contribution >= 4 is 33.5 Å². The van der Waals surface area contributed by atoms with Gasteiger partial charge in [0.15, 0.2) is 0 Å². The third-order valence-corrected chi connectivity index (χ3v) is 5.26. The summed E-state index contributed by atoms with van der Waals surface area (Å²) in [4.78, 5) is 24.9. The molecule has 2 aromatic rings. The van der Waals surface area contributed by atoms with Crippen molar-refractivity contribution in [1.82, 2.24) is 9.62 Å². The van der Waals surface area contributed by atoms with Crippen LogP contribution in [-0.2, 0) is 21.4 Å². The van der Waals surface area contributed by atoms with Crippen molar-refractivity contribution in [3.05, 3.63) is 64.7 Å². The molecule has 0 heterocycles. The van der Waals surface area contributed by atoms with Crippen molar-refractivity contribution in [2.75, 3.05) is 13.6 Å². The van der Waals surface area contributed by atoms with Crippen LogP contribution in [0, 0.1) is 0 Å². The van der Waals surface area contributed by atoms with Crippen molar-refractivity contribution in [2.45, 2.75) is 11.4 Å². The van der Waals surface area contributed by atoms with Crippen LogP contribution in [0.4, 0.5) is 0 Å². The molecule has 1 amide bonds. The van der Waals surface area contributed by atoms with E-state index in [9.17, 15) is 18.0 Å². The summed E-state index contributed by atoms with van der Waals surface area (Å²) in [5, 5.41) is 9.62.